The SMILES string of the molecule is NC(=O)C(F)(F)F.c1ccc2cnccc2c1. The Morgan fingerprint density at radius 2 is 1.65 bits per heavy atom. The van der Waals surface area contributed by atoms with E-state index in [-0.39, 0.29) is 0 Å². The van der Waals surface area contributed by atoms with Crippen LogP contribution in [0.15, 0.2) is 42.7 Å². The Hall–Kier alpha value is -2.11. The van der Waals surface area contributed by atoms with E-state index in [1.54, 1.807) is 0 Å². The highest BCUT2D eigenvalue weighted by atomic mass is 19.4. The van der Waals surface area contributed by atoms with Crippen molar-refractivity contribution in [3.8, 4) is 0 Å². The van der Waals surface area contributed by atoms with Crippen molar-refractivity contribution in [3.05, 3.63) is 42.7 Å². The van der Waals surface area contributed by atoms with Gasteiger partial charge in [0, 0.05) is 12.4 Å². The first kappa shape index (κ1) is 13.0. The zero-order chi connectivity index (χ0) is 12.9. The van der Waals surface area contributed by atoms with Gasteiger partial charge in [-0.05, 0) is 16.8 Å². The lowest BCUT2D eigenvalue weighted by molar-refractivity contribution is -0.169. The van der Waals surface area contributed by atoms with Gasteiger partial charge in [-0.15, -0.1) is 0 Å². The Labute approximate surface area is 95.1 Å². The average Bonchev–Trinajstić information content (AvgIpc) is 2.29. The number of pyridine rings is 1. The predicted octanol–water partition coefficient (Wildman–Crippen LogP) is 2.27. The van der Waals surface area contributed by atoms with E-state index in [2.05, 4.69) is 22.9 Å². The fourth-order valence-electron chi connectivity index (χ4n) is 1.03. The van der Waals surface area contributed by atoms with E-state index in [9.17, 15) is 13.2 Å². The largest absolute Gasteiger partial charge is 0.470 e. The van der Waals surface area contributed by atoms with E-state index in [1.807, 2.05) is 30.6 Å². The molecule has 0 aliphatic heterocycles. The highest BCUT2D eigenvalue weighted by molar-refractivity contribution is 5.81. The monoisotopic (exact) mass is 242 g/mol. The Morgan fingerprint density at radius 1 is 1.12 bits per heavy atom. The van der Waals surface area contributed by atoms with Gasteiger partial charge in [-0.3, -0.25) is 9.78 Å². The number of alkyl halides is 3. The summed E-state index contributed by atoms with van der Waals surface area (Å²) in [5.74, 6) is -2.26. The Morgan fingerprint density at radius 3 is 2.12 bits per heavy atom. The molecular formula is C11H9F3N2O. The fraction of sp³-hybridized carbons (Fsp3) is 0.0909. The van der Waals surface area contributed by atoms with Crippen LogP contribution in [0, 0.1) is 0 Å². The van der Waals surface area contributed by atoms with E-state index in [0.29, 0.717) is 0 Å². The lowest BCUT2D eigenvalue weighted by Crippen LogP contribution is -2.30. The molecule has 1 heterocycles. The summed E-state index contributed by atoms with van der Waals surface area (Å²) in [6.07, 6.45) is -1.18. The number of halogens is 3. The van der Waals surface area contributed by atoms with Crippen molar-refractivity contribution in [1.82, 2.24) is 4.98 Å². The summed E-state index contributed by atoms with van der Waals surface area (Å²) in [4.78, 5) is 13.1. The lowest BCUT2D eigenvalue weighted by Gasteiger charge is -1.95. The molecule has 0 aliphatic rings. The number of rotatable bonds is 0. The molecule has 6 heteroatoms. The predicted molar refractivity (Wildman–Crippen MR) is 57.0 cm³/mol. The maximum absolute atomic E-state index is 10.7. The van der Waals surface area contributed by atoms with E-state index < -0.39 is 12.1 Å². The number of aromatic nitrogens is 1. The summed E-state index contributed by atoms with van der Waals surface area (Å²) in [6, 6.07) is 10.2. The molecule has 2 rings (SSSR count). The molecule has 2 aromatic rings. The topological polar surface area (TPSA) is 56.0 Å². The van der Waals surface area contributed by atoms with Crippen molar-refractivity contribution in [2.45, 2.75) is 6.18 Å². The molecule has 1 aromatic carbocycles. The number of nitrogens with two attached hydrogens (primary N) is 1. The molecule has 0 unspecified atom stereocenters. The van der Waals surface area contributed by atoms with Crippen LogP contribution in [0.25, 0.3) is 10.8 Å². The van der Waals surface area contributed by atoms with Crippen molar-refractivity contribution < 1.29 is 18.0 Å². The molecule has 0 aliphatic carbocycles. The molecule has 0 spiro atoms. The zero-order valence-electron chi connectivity index (χ0n) is 8.61. The van der Waals surface area contributed by atoms with Crippen molar-refractivity contribution in [2.24, 2.45) is 5.73 Å². The van der Waals surface area contributed by atoms with Crippen LogP contribution in [0.2, 0.25) is 0 Å². The highest BCUT2D eigenvalue weighted by Gasteiger charge is 2.35. The number of benzene rings is 1. The summed E-state index contributed by atoms with van der Waals surface area (Å²) >= 11 is 0. The fourth-order valence-corrected chi connectivity index (χ4v) is 1.03. The minimum atomic E-state index is -4.86. The Kier molecular flexibility index (Phi) is 4.03. The molecule has 90 valence electrons. The number of carbonyl (C=O) groups excluding carboxylic acids is 1. The second kappa shape index (κ2) is 5.29. The molecular weight excluding hydrogens is 233 g/mol. The Bertz CT molecular complexity index is 446. The third-order valence-electron chi connectivity index (χ3n) is 1.83. The highest BCUT2D eigenvalue weighted by Crippen LogP contribution is 2.12. The number of hydrogen-bond acceptors (Lipinski definition) is 2. The summed E-state index contributed by atoms with van der Waals surface area (Å²) < 4.78 is 32.1. The van der Waals surface area contributed by atoms with E-state index in [1.165, 1.54) is 10.8 Å². The third kappa shape index (κ3) is 4.10. The summed E-state index contributed by atoms with van der Waals surface area (Å²) in [7, 11) is 0. The molecule has 1 amide bonds. The summed E-state index contributed by atoms with van der Waals surface area (Å²) in [6.45, 7) is 0. The number of fused-ring (bicyclic) bond motifs is 1. The van der Waals surface area contributed by atoms with Crippen LogP contribution in [0.4, 0.5) is 13.2 Å². The van der Waals surface area contributed by atoms with Crippen molar-refractivity contribution in [3.63, 3.8) is 0 Å². The maximum atomic E-state index is 10.7. The summed E-state index contributed by atoms with van der Waals surface area (Å²) in [5.41, 5.74) is 3.81. The summed E-state index contributed by atoms with van der Waals surface area (Å²) in [5, 5.41) is 2.45. The third-order valence-corrected chi connectivity index (χ3v) is 1.83. The van der Waals surface area contributed by atoms with Gasteiger partial charge in [0.05, 0.1) is 0 Å². The van der Waals surface area contributed by atoms with Crippen LogP contribution in [-0.4, -0.2) is 17.1 Å². The van der Waals surface area contributed by atoms with Crippen LogP contribution in [0.1, 0.15) is 0 Å². The van der Waals surface area contributed by atoms with E-state index >= 15 is 0 Å². The lowest BCUT2D eigenvalue weighted by atomic mass is 10.2. The van der Waals surface area contributed by atoms with Crippen LogP contribution < -0.4 is 5.73 Å². The van der Waals surface area contributed by atoms with Crippen LogP contribution in [-0.2, 0) is 4.79 Å². The molecule has 17 heavy (non-hydrogen) atoms. The molecule has 0 saturated heterocycles. The van der Waals surface area contributed by atoms with E-state index in [0.717, 1.165) is 0 Å². The molecule has 0 saturated carbocycles. The van der Waals surface area contributed by atoms with E-state index in [4.69, 9.17) is 4.79 Å². The first-order chi connectivity index (χ1) is 7.91. The number of nitrogens with zero attached hydrogens (tertiary/aromatic N) is 1. The molecule has 0 bridgehead atoms. The van der Waals surface area contributed by atoms with Gasteiger partial charge in [0.1, 0.15) is 0 Å². The van der Waals surface area contributed by atoms with Crippen LogP contribution in [0.5, 0.6) is 0 Å². The van der Waals surface area contributed by atoms with Gasteiger partial charge in [0.25, 0.3) is 0 Å². The second-order valence-electron chi connectivity index (χ2n) is 3.08. The van der Waals surface area contributed by atoms with Gasteiger partial charge < -0.3 is 5.73 Å². The standard InChI is InChI=1S/C9H7N.C2H2F3NO/c1-2-4-9-7-10-6-5-8(9)3-1;3-2(4,5)1(6)7/h1-7H;(H2,6,7). The first-order valence-corrected chi connectivity index (χ1v) is 4.56. The molecule has 1 aromatic heterocycles. The Balaban J connectivity index is 0.000000185. The van der Waals surface area contributed by atoms with Crippen molar-refractivity contribution in [1.29, 1.82) is 0 Å². The smallest absolute Gasteiger partial charge is 0.362 e. The van der Waals surface area contributed by atoms with Gasteiger partial charge in [-0.2, -0.15) is 13.2 Å². The molecule has 2 N–H and O–H groups in total. The van der Waals surface area contributed by atoms with Gasteiger partial charge in [0.2, 0.25) is 0 Å². The number of primary amides is 1. The number of carbonyl (C=O) groups is 1. The van der Waals surface area contributed by atoms with Gasteiger partial charge in [-0.25, -0.2) is 0 Å². The normalized spacial score (nSPS) is 10.5. The van der Waals surface area contributed by atoms with Crippen LogP contribution >= 0.6 is 0 Å². The first-order valence-electron chi connectivity index (χ1n) is 4.56. The zero-order valence-corrected chi connectivity index (χ0v) is 8.61. The number of amides is 1. The van der Waals surface area contributed by atoms with Crippen molar-refractivity contribution in [2.75, 3.05) is 0 Å². The minimum absolute atomic E-state index is 1.20. The second-order valence-corrected chi connectivity index (χ2v) is 3.08. The molecule has 0 radical (unpaired) electrons. The molecule has 3 nitrogen and oxygen atoms in total. The molecule has 0 atom stereocenters. The minimum Gasteiger partial charge on any atom is -0.362 e. The maximum Gasteiger partial charge on any atom is 0.470 e. The van der Waals surface area contributed by atoms with Gasteiger partial charge in [0.15, 0.2) is 0 Å². The quantitative estimate of drug-likeness (QED) is 0.770. The average molecular weight is 242 g/mol. The van der Waals surface area contributed by atoms with Gasteiger partial charge in [-0.1, -0.05) is 24.3 Å². The number of hydrogen-bond donors (Lipinski definition) is 1. The molecule has 0 fully saturated rings. The van der Waals surface area contributed by atoms with Crippen molar-refractivity contribution >= 4 is 16.7 Å². The van der Waals surface area contributed by atoms with Crippen LogP contribution in [0.3, 0.4) is 0 Å². The van der Waals surface area contributed by atoms with Gasteiger partial charge >= 0.3 is 12.1 Å².